The predicted octanol–water partition coefficient (Wildman–Crippen LogP) is 4.83. The van der Waals surface area contributed by atoms with Crippen molar-refractivity contribution in [1.82, 2.24) is 10.3 Å². The minimum absolute atomic E-state index is 0.0326. The van der Waals surface area contributed by atoms with Gasteiger partial charge in [-0.3, -0.25) is 4.79 Å². The van der Waals surface area contributed by atoms with E-state index in [1.807, 2.05) is 32.0 Å². The van der Waals surface area contributed by atoms with Gasteiger partial charge in [-0.2, -0.15) is 5.26 Å². The van der Waals surface area contributed by atoms with Gasteiger partial charge in [-0.25, -0.2) is 0 Å². The highest BCUT2D eigenvalue weighted by atomic mass is 16.5. The monoisotopic (exact) mass is 443 g/mol. The van der Waals surface area contributed by atoms with Crippen molar-refractivity contribution in [2.24, 2.45) is 0 Å². The molecule has 0 amide bonds. The number of nitrogens with zero attached hydrogens (tertiary/aromatic N) is 1. The van der Waals surface area contributed by atoms with Crippen LogP contribution in [0.3, 0.4) is 0 Å². The average Bonchev–Trinajstić information content (AvgIpc) is 3.19. The SMILES string of the molecule is CC(C)Oc1cc2c(cc1OC1CCCNC1)C(C)(C)c1[nH]c3cc(C#N)ccc3c1C2=O. The minimum atomic E-state index is -0.455. The fourth-order valence-electron chi connectivity index (χ4n) is 5.04. The maximum absolute atomic E-state index is 13.8. The number of fused-ring (bicyclic) bond motifs is 4. The molecule has 1 atom stereocenters. The quantitative estimate of drug-likeness (QED) is 0.603. The Morgan fingerprint density at radius 2 is 2.00 bits per heavy atom. The smallest absolute Gasteiger partial charge is 0.195 e. The van der Waals surface area contributed by atoms with Gasteiger partial charge in [-0.15, -0.1) is 0 Å². The van der Waals surface area contributed by atoms with Gasteiger partial charge in [0.15, 0.2) is 17.3 Å². The van der Waals surface area contributed by atoms with Gasteiger partial charge >= 0.3 is 0 Å². The fraction of sp³-hybridized carbons (Fsp3) is 0.407. The third-order valence-corrected chi connectivity index (χ3v) is 6.69. The van der Waals surface area contributed by atoms with Crippen molar-refractivity contribution in [3.63, 3.8) is 0 Å². The lowest BCUT2D eigenvalue weighted by molar-refractivity contribution is 0.103. The fourth-order valence-corrected chi connectivity index (χ4v) is 5.04. The van der Waals surface area contributed by atoms with E-state index in [2.05, 4.69) is 30.2 Å². The summed E-state index contributed by atoms with van der Waals surface area (Å²) in [5.41, 5.74) is 4.01. The van der Waals surface area contributed by atoms with Crippen molar-refractivity contribution in [2.75, 3.05) is 13.1 Å². The number of aromatic amines is 1. The summed E-state index contributed by atoms with van der Waals surface area (Å²) < 4.78 is 12.5. The van der Waals surface area contributed by atoms with Gasteiger partial charge in [0.25, 0.3) is 0 Å². The summed E-state index contributed by atoms with van der Waals surface area (Å²) >= 11 is 0. The number of hydrogen-bond acceptors (Lipinski definition) is 5. The molecule has 6 nitrogen and oxygen atoms in total. The van der Waals surface area contributed by atoms with E-state index in [9.17, 15) is 10.1 Å². The second-order valence-corrected chi connectivity index (χ2v) is 9.80. The van der Waals surface area contributed by atoms with Gasteiger partial charge in [0.05, 0.1) is 23.3 Å². The zero-order valence-electron chi connectivity index (χ0n) is 19.5. The third-order valence-electron chi connectivity index (χ3n) is 6.69. The molecule has 2 aliphatic rings. The summed E-state index contributed by atoms with van der Waals surface area (Å²) in [5.74, 6) is 1.26. The van der Waals surface area contributed by atoms with E-state index < -0.39 is 5.41 Å². The first-order valence-electron chi connectivity index (χ1n) is 11.6. The maximum Gasteiger partial charge on any atom is 0.195 e. The largest absolute Gasteiger partial charge is 0.487 e. The van der Waals surface area contributed by atoms with Crippen molar-refractivity contribution in [2.45, 2.75) is 58.2 Å². The molecule has 1 fully saturated rings. The number of ether oxygens (including phenoxy) is 2. The topological polar surface area (TPSA) is 87.1 Å². The van der Waals surface area contributed by atoms with Crippen LogP contribution in [0.4, 0.5) is 0 Å². The van der Waals surface area contributed by atoms with Gasteiger partial charge in [-0.05, 0) is 63.1 Å². The number of nitrogens with one attached hydrogen (secondary N) is 2. The number of nitriles is 1. The summed E-state index contributed by atoms with van der Waals surface area (Å²) in [6.07, 6.45) is 2.08. The number of ketones is 1. The molecule has 2 heterocycles. The van der Waals surface area contributed by atoms with Gasteiger partial charge in [0.1, 0.15) is 6.10 Å². The molecule has 6 heteroatoms. The number of carbonyl (C=O) groups excluding carboxylic acids is 1. The number of piperidine rings is 1. The molecule has 0 spiro atoms. The lowest BCUT2D eigenvalue weighted by atomic mass is 9.71. The molecule has 3 aromatic rings. The zero-order chi connectivity index (χ0) is 23.3. The molecule has 33 heavy (non-hydrogen) atoms. The van der Waals surface area contributed by atoms with Crippen LogP contribution in [-0.2, 0) is 5.41 Å². The van der Waals surface area contributed by atoms with E-state index >= 15 is 0 Å². The Balaban J connectivity index is 1.66. The van der Waals surface area contributed by atoms with Crippen LogP contribution in [0.5, 0.6) is 11.5 Å². The van der Waals surface area contributed by atoms with E-state index in [0.29, 0.717) is 28.2 Å². The van der Waals surface area contributed by atoms with E-state index in [-0.39, 0.29) is 18.0 Å². The van der Waals surface area contributed by atoms with Crippen LogP contribution in [0.1, 0.15) is 73.3 Å². The molecule has 1 saturated heterocycles. The Morgan fingerprint density at radius 1 is 1.18 bits per heavy atom. The highest BCUT2D eigenvalue weighted by molar-refractivity contribution is 6.20. The third kappa shape index (κ3) is 3.57. The first-order valence-corrected chi connectivity index (χ1v) is 11.6. The van der Waals surface area contributed by atoms with Gasteiger partial charge in [0.2, 0.25) is 0 Å². The molecule has 2 N–H and O–H groups in total. The molecule has 0 bridgehead atoms. The Labute approximate surface area is 193 Å². The molecule has 1 unspecified atom stereocenters. The average molecular weight is 444 g/mol. The summed E-state index contributed by atoms with van der Waals surface area (Å²) in [4.78, 5) is 17.2. The molecule has 170 valence electrons. The predicted molar refractivity (Wildman–Crippen MR) is 127 cm³/mol. The number of H-pyrrole nitrogens is 1. The summed E-state index contributed by atoms with van der Waals surface area (Å²) in [5, 5.41) is 13.5. The lowest BCUT2D eigenvalue weighted by Crippen LogP contribution is -2.37. The van der Waals surface area contributed by atoms with E-state index in [1.165, 1.54) is 0 Å². The second kappa shape index (κ2) is 7.93. The zero-order valence-corrected chi connectivity index (χ0v) is 19.5. The van der Waals surface area contributed by atoms with Crippen LogP contribution in [-0.4, -0.2) is 36.1 Å². The van der Waals surface area contributed by atoms with Gasteiger partial charge < -0.3 is 19.8 Å². The summed E-state index contributed by atoms with van der Waals surface area (Å²) in [7, 11) is 0. The molecule has 0 radical (unpaired) electrons. The number of benzene rings is 2. The van der Waals surface area contributed by atoms with Crippen molar-refractivity contribution in [3.8, 4) is 17.6 Å². The molecule has 2 aromatic carbocycles. The molecule has 1 aliphatic heterocycles. The van der Waals surface area contributed by atoms with Crippen LogP contribution in [0.25, 0.3) is 10.9 Å². The second-order valence-electron chi connectivity index (χ2n) is 9.80. The number of rotatable bonds is 4. The van der Waals surface area contributed by atoms with Crippen molar-refractivity contribution < 1.29 is 14.3 Å². The van der Waals surface area contributed by atoms with Crippen LogP contribution in [0.15, 0.2) is 30.3 Å². The van der Waals surface area contributed by atoms with Crippen molar-refractivity contribution in [3.05, 3.63) is 58.3 Å². The Bertz CT molecular complexity index is 1290. The lowest BCUT2D eigenvalue weighted by Gasteiger charge is -2.34. The Morgan fingerprint density at radius 3 is 2.70 bits per heavy atom. The summed E-state index contributed by atoms with van der Waals surface area (Å²) in [6, 6.07) is 11.5. The number of carbonyl (C=O) groups is 1. The normalized spacial score (nSPS) is 19.2. The molecule has 1 aromatic heterocycles. The maximum atomic E-state index is 13.8. The van der Waals surface area contributed by atoms with E-state index in [1.54, 1.807) is 12.1 Å². The van der Waals surface area contributed by atoms with E-state index in [0.717, 1.165) is 48.1 Å². The highest BCUT2D eigenvalue weighted by Crippen LogP contribution is 2.47. The van der Waals surface area contributed by atoms with Gasteiger partial charge in [0, 0.05) is 34.1 Å². The minimum Gasteiger partial charge on any atom is -0.487 e. The van der Waals surface area contributed by atoms with E-state index in [4.69, 9.17) is 9.47 Å². The Kier molecular flexibility index (Phi) is 5.18. The molecular weight excluding hydrogens is 414 g/mol. The Hall–Kier alpha value is -3.30. The highest BCUT2D eigenvalue weighted by Gasteiger charge is 2.41. The standard InChI is InChI=1S/C27H29N3O3/c1-15(2)32-22-11-19-20(12-23(22)33-17-6-5-9-29-14-17)27(3,4)26-24(25(19)31)18-8-7-16(13-28)10-21(18)30-26/h7-8,10-12,15,17,29-30H,5-6,9,14H2,1-4H3. The first kappa shape index (κ1) is 21.5. The van der Waals surface area contributed by atoms with Crippen LogP contribution in [0, 0.1) is 11.3 Å². The summed E-state index contributed by atoms with van der Waals surface area (Å²) in [6.45, 7) is 9.99. The number of aromatic nitrogens is 1. The van der Waals surface area contributed by atoms with Crippen LogP contribution < -0.4 is 14.8 Å². The van der Waals surface area contributed by atoms with Crippen LogP contribution >= 0.6 is 0 Å². The molecule has 0 saturated carbocycles. The molecule has 1 aliphatic carbocycles. The first-order chi connectivity index (χ1) is 15.8. The van der Waals surface area contributed by atoms with Crippen molar-refractivity contribution >= 4 is 16.7 Å². The molecular formula is C27H29N3O3. The molecule has 5 rings (SSSR count). The number of hydrogen-bond donors (Lipinski definition) is 2. The van der Waals surface area contributed by atoms with Crippen LogP contribution in [0.2, 0.25) is 0 Å². The van der Waals surface area contributed by atoms with Crippen molar-refractivity contribution in [1.29, 1.82) is 5.26 Å². The van der Waals surface area contributed by atoms with Gasteiger partial charge in [-0.1, -0.05) is 19.9 Å².